The highest BCUT2D eigenvalue weighted by atomic mass is 19.1. The van der Waals surface area contributed by atoms with Crippen LogP contribution in [-0.2, 0) is 0 Å². The number of hydrogen-bond acceptors (Lipinski definition) is 2. The van der Waals surface area contributed by atoms with Crippen molar-refractivity contribution in [2.75, 3.05) is 18.0 Å². The van der Waals surface area contributed by atoms with E-state index in [1.807, 2.05) is 19.1 Å². The second kappa shape index (κ2) is 5.96. The molecule has 0 aromatic heterocycles. The van der Waals surface area contributed by atoms with Crippen molar-refractivity contribution in [1.29, 1.82) is 0 Å². The molecule has 1 N–H and O–H groups in total. The lowest BCUT2D eigenvalue weighted by molar-refractivity contribution is 0.195. The minimum Gasteiger partial charge on any atom is -0.363 e. The van der Waals surface area contributed by atoms with E-state index >= 15 is 0 Å². The molecule has 2 nitrogen and oxygen atoms in total. The Balaban J connectivity index is 1.88. The van der Waals surface area contributed by atoms with E-state index in [2.05, 4.69) is 17.1 Å². The third-order valence-corrected chi connectivity index (χ3v) is 5.32. The van der Waals surface area contributed by atoms with Crippen LogP contribution in [-0.4, -0.2) is 24.7 Å². The maximum atomic E-state index is 14.4. The normalized spacial score (nSPS) is 25.3. The molecular formula is C18H27FN2. The van der Waals surface area contributed by atoms with Crippen LogP contribution in [0.5, 0.6) is 0 Å². The minimum atomic E-state index is -0.0682. The number of benzene rings is 1. The quantitative estimate of drug-likeness (QED) is 0.885. The van der Waals surface area contributed by atoms with Crippen LogP contribution >= 0.6 is 0 Å². The van der Waals surface area contributed by atoms with Crippen molar-refractivity contribution in [3.63, 3.8) is 0 Å². The summed E-state index contributed by atoms with van der Waals surface area (Å²) in [6.07, 6.45) is 7.46. The molecular weight excluding hydrogens is 263 g/mol. The monoisotopic (exact) mass is 290 g/mol. The summed E-state index contributed by atoms with van der Waals surface area (Å²) >= 11 is 0. The van der Waals surface area contributed by atoms with Crippen LogP contribution in [0.2, 0.25) is 0 Å². The lowest BCUT2D eigenvalue weighted by Gasteiger charge is -2.50. The van der Waals surface area contributed by atoms with Crippen molar-refractivity contribution >= 4 is 5.69 Å². The van der Waals surface area contributed by atoms with Crippen molar-refractivity contribution in [3.8, 4) is 0 Å². The van der Waals surface area contributed by atoms with Gasteiger partial charge in [0.15, 0.2) is 0 Å². The van der Waals surface area contributed by atoms with Gasteiger partial charge in [-0.3, -0.25) is 0 Å². The third kappa shape index (κ3) is 2.94. The third-order valence-electron chi connectivity index (χ3n) is 5.32. The summed E-state index contributed by atoms with van der Waals surface area (Å²) in [6.45, 7) is 6.07. The van der Waals surface area contributed by atoms with E-state index in [0.29, 0.717) is 6.04 Å². The van der Waals surface area contributed by atoms with Crippen LogP contribution in [0.1, 0.15) is 51.0 Å². The Bertz CT molecular complexity index is 494. The molecule has 1 unspecified atom stereocenters. The van der Waals surface area contributed by atoms with Gasteiger partial charge >= 0.3 is 0 Å². The van der Waals surface area contributed by atoms with Gasteiger partial charge in [0, 0.05) is 24.7 Å². The summed E-state index contributed by atoms with van der Waals surface area (Å²) in [6, 6.07) is 6.06. The van der Waals surface area contributed by atoms with E-state index in [9.17, 15) is 4.39 Å². The fraction of sp³-hybridized carbons (Fsp3) is 0.667. The standard InChI is InChI=1S/C18H27FN2/c1-3-15-12-20-18(9-5-4-6-10-18)13-21(15)17-8-7-14(2)11-16(17)19/h7-8,11,15,20H,3-6,9-10,12-13H2,1-2H3. The van der Waals surface area contributed by atoms with E-state index in [-0.39, 0.29) is 11.4 Å². The molecule has 1 spiro atoms. The van der Waals surface area contributed by atoms with Gasteiger partial charge in [-0.2, -0.15) is 0 Å². The molecule has 1 saturated carbocycles. The van der Waals surface area contributed by atoms with E-state index in [0.717, 1.165) is 30.8 Å². The SMILES string of the molecule is CCC1CNC2(CCCCC2)CN1c1ccc(C)cc1F. The first-order chi connectivity index (χ1) is 10.1. The van der Waals surface area contributed by atoms with Gasteiger partial charge in [-0.25, -0.2) is 4.39 Å². The van der Waals surface area contributed by atoms with Crippen LogP contribution in [0.25, 0.3) is 0 Å². The highest BCUT2D eigenvalue weighted by Gasteiger charge is 2.40. The number of piperazine rings is 1. The second-order valence-electron chi connectivity index (χ2n) is 6.87. The molecule has 2 fully saturated rings. The molecule has 1 saturated heterocycles. The Labute approximate surface area is 127 Å². The predicted octanol–water partition coefficient (Wildman–Crippen LogP) is 4.03. The summed E-state index contributed by atoms with van der Waals surface area (Å²) in [5.74, 6) is -0.0682. The first-order valence-electron chi connectivity index (χ1n) is 8.41. The topological polar surface area (TPSA) is 15.3 Å². The first-order valence-corrected chi connectivity index (χ1v) is 8.41. The Morgan fingerprint density at radius 2 is 2.05 bits per heavy atom. The highest BCUT2D eigenvalue weighted by Crippen LogP contribution is 2.35. The lowest BCUT2D eigenvalue weighted by atomic mass is 9.79. The van der Waals surface area contributed by atoms with Crippen LogP contribution in [0.4, 0.5) is 10.1 Å². The molecule has 0 amide bonds. The lowest BCUT2D eigenvalue weighted by Crippen LogP contribution is -2.65. The molecule has 0 radical (unpaired) electrons. The van der Waals surface area contributed by atoms with E-state index in [4.69, 9.17) is 0 Å². The maximum Gasteiger partial charge on any atom is 0.146 e. The zero-order valence-electron chi connectivity index (χ0n) is 13.3. The Morgan fingerprint density at radius 3 is 2.71 bits per heavy atom. The van der Waals surface area contributed by atoms with Gasteiger partial charge in [-0.1, -0.05) is 32.3 Å². The van der Waals surface area contributed by atoms with Gasteiger partial charge in [0.05, 0.1) is 5.69 Å². The average molecular weight is 290 g/mol. The molecule has 1 aliphatic heterocycles. The first kappa shape index (κ1) is 14.8. The molecule has 3 heteroatoms. The Hall–Kier alpha value is -1.09. The van der Waals surface area contributed by atoms with Gasteiger partial charge in [0.2, 0.25) is 0 Å². The molecule has 2 aliphatic rings. The van der Waals surface area contributed by atoms with Crippen LogP contribution in [0.15, 0.2) is 18.2 Å². The van der Waals surface area contributed by atoms with Gasteiger partial charge in [0.1, 0.15) is 5.82 Å². The maximum absolute atomic E-state index is 14.4. The summed E-state index contributed by atoms with van der Waals surface area (Å²) in [5, 5.41) is 3.80. The summed E-state index contributed by atoms with van der Waals surface area (Å²) in [4.78, 5) is 2.33. The highest BCUT2D eigenvalue weighted by molar-refractivity contribution is 5.51. The predicted molar refractivity (Wildman–Crippen MR) is 86.4 cm³/mol. The molecule has 0 bridgehead atoms. The van der Waals surface area contributed by atoms with Crippen LogP contribution in [0.3, 0.4) is 0 Å². The molecule has 3 rings (SSSR count). The van der Waals surface area contributed by atoms with Gasteiger partial charge in [-0.15, -0.1) is 0 Å². The van der Waals surface area contributed by atoms with Crippen molar-refractivity contribution < 1.29 is 4.39 Å². The number of rotatable bonds is 2. The average Bonchev–Trinajstić information content (AvgIpc) is 2.48. The van der Waals surface area contributed by atoms with E-state index in [1.165, 1.54) is 32.1 Å². The molecule has 1 aromatic carbocycles. The molecule has 1 aromatic rings. The van der Waals surface area contributed by atoms with Gasteiger partial charge in [0.25, 0.3) is 0 Å². The number of anilines is 1. The van der Waals surface area contributed by atoms with Gasteiger partial charge in [-0.05, 0) is 43.9 Å². The number of nitrogens with one attached hydrogen (secondary N) is 1. The molecule has 1 heterocycles. The fourth-order valence-electron chi connectivity index (χ4n) is 4.01. The van der Waals surface area contributed by atoms with Crippen LogP contribution < -0.4 is 10.2 Å². The van der Waals surface area contributed by atoms with Crippen molar-refractivity contribution in [1.82, 2.24) is 5.32 Å². The zero-order chi connectivity index (χ0) is 14.9. The zero-order valence-corrected chi connectivity index (χ0v) is 13.3. The molecule has 21 heavy (non-hydrogen) atoms. The van der Waals surface area contributed by atoms with Crippen molar-refractivity contribution in [3.05, 3.63) is 29.6 Å². The summed E-state index contributed by atoms with van der Waals surface area (Å²) in [5.41, 5.74) is 1.99. The number of hydrogen-bond donors (Lipinski definition) is 1. The van der Waals surface area contributed by atoms with Gasteiger partial charge < -0.3 is 10.2 Å². The van der Waals surface area contributed by atoms with E-state index in [1.54, 1.807) is 6.07 Å². The largest absolute Gasteiger partial charge is 0.363 e. The summed E-state index contributed by atoms with van der Waals surface area (Å²) < 4.78 is 14.4. The smallest absolute Gasteiger partial charge is 0.146 e. The molecule has 116 valence electrons. The summed E-state index contributed by atoms with van der Waals surface area (Å²) in [7, 11) is 0. The Morgan fingerprint density at radius 1 is 1.29 bits per heavy atom. The van der Waals surface area contributed by atoms with Crippen molar-refractivity contribution in [2.45, 2.75) is 64.0 Å². The number of halogens is 1. The van der Waals surface area contributed by atoms with Crippen molar-refractivity contribution in [2.24, 2.45) is 0 Å². The van der Waals surface area contributed by atoms with Crippen LogP contribution in [0, 0.1) is 12.7 Å². The Kier molecular flexibility index (Phi) is 4.21. The molecule has 1 atom stereocenters. The number of nitrogens with zero attached hydrogens (tertiary/aromatic N) is 1. The van der Waals surface area contributed by atoms with E-state index < -0.39 is 0 Å². The molecule has 1 aliphatic carbocycles. The second-order valence-corrected chi connectivity index (χ2v) is 6.87. The fourth-order valence-corrected chi connectivity index (χ4v) is 4.01. The number of aryl methyl sites for hydroxylation is 1. The minimum absolute atomic E-state index is 0.0682.